The summed E-state index contributed by atoms with van der Waals surface area (Å²) in [5.74, 6) is -2.78. The van der Waals surface area contributed by atoms with E-state index < -0.39 is 11.9 Å². The Morgan fingerprint density at radius 3 is 2.49 bits per heavy atom. The lowest BCUT2D eigenvalue weighted by Gasteiger charge is -2.38. The molecule has 1 aliphatic carbocycles. The fourth-order valence-electron chi connectivity index (χ4n) is 4.79. The number of pyridine rings is 2. The normalized spacial score (nSPS) is 20.0. The van der Waals surface area contributed by atoms with Gasteiger partial charge in [0.05, 0.1) is 6.61 Å². The fraction of sp³-hybridized carbons (Fsp3) is 0.360. The average Bonchev–Trinajstić information content (AvgIpc) is 3.27. The van der Waals surface area contributed by atoms with E-state index in [2.05, 4.69) is 20.6 Å². The first-order valence-corrected chi connectivity index (χ1v) is 12.0. The third kappa shape index (κ3) is 5.14. The maximum atomic E-state index is 13.3. The monoisotopic (exact) mass is 507 g/mol. The number of hydrogen-bond acceptors (Lipinski definition) is 8. The predicted molar refractivity (Wildman–Crippen MR) is 130 cm³/mol. The van der Waals surface area contributed by atoms with Crippen molar-refractivity contribution in [1.29, 1.82) is 0 Å². The van der Waals surface area contributed by atoms with Crippen molar-refractivity contribution in [3.8, 4) is 0 Å². The van der Waals surface area contributed by atoms with Crippen LogP contribution >= 0.6 is 0 Å². The van der Waals surface area contributed by atoms with Crippen molar-refractivity contribution in [3.05, 3.63) is 48.1 Å². The Morgan fingerprint density at radius 2 is 1.78 bits per heavy atom. The smallest absolute Gasteiger partial charge is 0.354 e. The second-order valence-electron chi connectivity index (χ2n) is 8.98. The second-order valence-corrected chi connectivity index (χ2v) is 8.98. The zero-order valence-electron chi connectivity index (χ0n) is 19.8. The van der Waals surface area contributed by atoms with Crippen LogP contribution in [0.15, 0.2) is 41.1 Å². The molecule has 2 fully saturated rings. The molecule has 2 aliphatic rings. The Labute approximate surface area is 211 Å². The number of carbonyl (C=O) groups is 4. The van der Waals surface area contributed by atoms with E-state index >= 15 is 0 Å². The Kier molecular flexibility index (Phi) is 6.82. The number of furan rings is 1. The van der Waals surface area contributed by atoms with Crippen LogP contribution in [-0.4, -0.2) is 69.5 Å². The van der Waals surface area contributed by atoms with Crippen LogP contribution in [0.4, 0.5) is 11.4 Å². The number of carboxylic acids is 1. The molecule has 4 heterocycles. The number of amides is 3. The lowest BCUT2D eigenvalue weighted by Crippen LogP contribution is -2.49. The molecule has 1 saturated heterocycles. The van der Waals surface area contributed by atoms with E-state index in [9.17, 15) is 24.3 Å². The van der Waals surface area contributed by atoms with Crippen molar-refractivity contribution in [2.45, 2.75) is 31.7 Å². The number of ether oxygens (including phenoxy) is 1. The minimum Gasteiger partial charge on any atom is -0.477 e. The Morgan fingerprint density at radius 1 is 1.03 bits per heavy atom. The molecule has 0 atom stereocenters. The van der Waals surface area contributed by atoms with Crippen molar-refractivity contribution < 1.29 is 33.4 Å². The van der Waals surface area contributed by atoms with Crippen LogP contribution in [-0.2, 0) is 14.3 Å². The van der Waals surface area contributed by atoms with Crippen molar-refractivity contribution in [3.63, 3.8) is 0 Å². The number of carboxylic acid groups (broad SMARTS) is 1. The van der Waals surface area contributed by atoms with Crippen molar-refractivity contribution >= 4 is 46.2 Å². The Balaban J connectivity index is 1.37. The standard InChI is InChI=1S/C25H25N5O7/c31-19-13-36-12-11-30(19)16-3-1-14(2-4-16)23(32)29-21-20-18(6-5-17(28-20)25(34)35)37-22(21)24(33)27-15-7-9-26-10-8-15/h5-10,14,16H,1-4,11-13H2,(H,29,32)(H,34,35)(H,26,27,33). The minimum absolute atomic E-state index is 0.0140. The number of rotatable bonds is 6. The number of anilines is 2. The summed E-state index contributed by atoms with van der Waals surface area (Å²) >= 11 is 0. The van der Waals surface area contributed by atoms with Gasteiger partial charge in [-0.25, -0.2) is 9.78 Å². The molecule has 12 nitrogen and oxygen atoms in total. The van der Waals surface area contributed by atoms with E-state index in [1.165, 1.54) is 24.5 Å². The predicted octanol–water partition coefficient (Wildman–Crippen LogP) is 2.53. The molecule has 3 aromatic heterocycles. The van der Waals surface area contributed by atoms with Crippen LogP contribution in [0.1, 0.15) is 46.7 Å². The molecule has 0 bridgehead atoms. The van der Waals surface area contributed by atoms with Gasteiger partial charge in [0.2, 0.25) is 17.6 Å². The first-order valence-electron chi connectivity index (χ1n) is 12.0. The molecular weight excluding hydrogens is 482 g/mol. The molecule has 0 radical (unpaired) electrons. The second kappa shape index (κ2) is 10.3. The van der Waals surface area contributed by atoms with Crippen molar-refractivity contribution in [2.75, 3.05) is 30.4 Å². The summed E-state index contributed by atoms with van der Waals surface area (Å²) in [6, 6.07) is 5.92. The van der Waals surface area contributed by atoms with Crippen molar-refractivity contribution in [1.82, 2.24) is 14.9 Å². The summed E-state index contributed by atoms with van der Waals surface area (Å²) in [5, 5.41) is 14.8. The van der Waals surface area contributed by atoms with Gasteiger partial charge in [-0.3, -0.25) is 19.4 Å². The third-order valence-electron chi connectivity index (χ3n) is 6.68. The Hall–Kier alpha value is -4.32. The third-order valence-corrected chi connectivity index (χ3v) is 6.68. The topological polar surface area (TPSA) is 164 Å². The molecule has 1 aliphatic heterocycles. The van der Waals surface area contributed by atoms with E-state index in [0.29, 0.717) is 44.5 Å². The number of nitrogens with one attached hydrogen (secondary N) is 2. The highest BCUT2D eigenvalue weighted by Crippen LogP contribution is 2.34. The summed E-state index contributed by atoms with van der Waals surface area (Å²) < 4.78 is 10.9. The van der Waals surface area contributed by atoms with Gasteiger partial charge < -0.3 is 29.8 Å². The molecule has 0 unspecified atom stereocenters. The largest absolute Gasteiger partial charge is 0.477 e. The van der Waals surface area contributed by atoms with Gasteiger partial charge in [-0.2, -0.15) is 0 Å². The SMILES string of the molecule is O=C(O)c1ccc2oc(C(=O)Nc3ccncc3)c(NC(=O)C3CCC(N4CCOCC4=O)CC3)c2n1. The van der Waals surface area contributed by atoms with E-state index in [1.54, 1.807) is 12.1 Å². The number of fused-ring (bicyclic) bond motifs is 1. The Bertz CT molecular complexity index is 1350. The molecule has 0 aromatic carbocycles. The zero-order chi connectivity index (χ0) is 25.9. The van der Waals surface area contributed by atoms with Crippen molar-refractivity contribution in [2.24, 2.45) is 5.92 Å². The summed E-state index contributed by atoms with van der Waals surface area (Å²) in [6.07, 6.45) is 5.49. The van der Waals surface area contributed by atoms with Gasteiger partial charge in [0.25, 0.3) is 5.91 Å². The first kappa shape index (κ1) is 24.4. The number of aromatic nitrogens is 2. The number of carbonyl (C=O) groups excluding carboxylic acids is 3. The molecule has 192 valence electrons. The zero-order valence-corrected chi connectivity index (χ0v) is 19.8. The fourth-order valence-corrected chi connectivity index (χ4v) is 4.79. The molecule has 1 saturated carbocycles. The summed E-state index contributed by atoms with van der Waals surface area (Å²) in [4.78, 5) is 59.8. The summed E-state index contributed by atoms with van der Waals surface area (Å²) in [6.45, 7) is 1.15. The lowest BCUT2D eigenvalue weighted by atomic mass is 9.84. The minimum atomic E-state index is -1.25. The summed E-state index contributed by atoms with van der Waals surface area (Å²) in [7, 11) is 0. The molecule has 3 aromatic rings. The van der Waals surface area contributed by atoms with Crippen LogP contribution in [0.5, 0.6) is 0 Å². The molecule has 0 spiro atoms. The highest BCUT2D eigenvalue weighted by atomic mass is 16.5. The van der Waals surface area contributed by atoms with E-state index in [0.717, 1.165) is 0 Å². The van der Waals surface area contributed by atoms with Gasteiger partial charge in [0.15, 0.2) is 5.58 Å². The van der Waals surface area contributed by atoms with Crippen LogP contribution < -0.4 is 10.6 Å². The van der Waals surface area contributed by atoms with Gasteiger partial charge in [-0.1, -0.05) is 0 Å². The first-order chi connectivity index (χ1) is 17.9. The average molecular weight is 508 g/mol. The maximum absolute atomic E-state index is 13.3. The van der Waals surface area contributed by atoms with E-state index in [1.807, 2.05) is 4.90 Å². The number of nitrogens with zero attached hydrogens (tertiary/aromatic N) is 3. The number of morpholine rings is 1. The molecule has 3 N–H and O–H groups in total. The number of hydrogen-bond donors (Lipinski definition) is 3. The molecular formula is C25H25N5O7. The highest BCUT2D eigenvalue weighted by molar-refractivity contribution is 6.14. The molecule has 12 heteroatoms. The van der Waals surface area contributed by atoms with E-state index in [4.69, 9.17) is 9.15 Å². The van der Waals surface area contributed by atoms with Crippen LogP contribution in [0.25, 0.3) is 11.1 Å². The molecule has 37 heavy (non-hydrogen) atoms. The molecule has 3 amide bonds. The van der Waals surface area contributed by atoms with Crippen LogP contribution in [0, 0.1) is 5.92 Å². The van der Waals surface area contributed by atoms with Crippen LogP contribution in [0.3, 0.4) is 0 Å². The van der Waals surface area contributed by atoms with Gasteiger partial charge in [-0.05, 0) is 49.9 Å². The van der Waals surface area contributed by atoms with E-state index in [-0.39, 0.29) is 58.6 Å². The lowest BCUT2D eigenvalue weighted by molar-refractivity contribution is -0.146. The molecule has 5 rings (SSSR count). The highest BCUT2D eigenvalue weighted by Gasteiger charge is 2.34. The van der Waals surface area contributed by atoms with Gasteiger partial charge in [0.1, 0.15) is 23.5 Å². The van der Waals surface area contributed by atoms with Gasteiger partial charge >= 0.3 is 5.97 Å². The van der Waals surface area contributed by atoms with Gasteiger partial charge in [0, 0.05) is 36.6 Å². The quantitative estimate of drug-likeness (QED) is 0.455. The van der Waals surface area contributed by atoms with Gasteiger partial charge in [-0.15, -0.1) is 0 Å². The van der Waals surface area contributed by atoms with Crippen LogP contribution in [0.2, 0.25) is 0 Å². The number of aromatic carboxylic acids is 1. The maximum Gasteiger partial charge on any atom is 0.354 e. The summed E-state index contributed by atoms with van der Waals surface area (Å²) in [5.41, 5.74) is 0.462.